The van der Waals surface area contributed by atoms with Gasteiger partial charge in [-0.3, -0.25) is 0 Å². The Morgan fingerprint density at radius 2 is 2.15 bits per heavy atom. The number of rotatable bonds is 3. The van der Waals surface area contributed by atoms with Crippen molar-refractivity contribution in [2.45, 2.75) is 12.8 Å². The topological polar surface area (TPSA) is 61.8 Å². The predicted octanol–water partition coefficient (Wildman–Crippen LogP) is 2.07. The fraction of sp³-hybridized carbons (Fsp3) is 0.500. The summed E-state index contributed by atoms with van der Waals surface area (Å²) in [5, 5.41) is 11.7. The van der Waals surface area contributed by atoms with Gasteiger partial charge in [0.2, 0.25) is 0 Å². The molecule has 1 saturated heterocycles. The van der Waals surface area contributed by atoms with Crippen molar-refractivity contribution in [3.8, 4) is 5.75 Å². The summed E-state index contributed by atoms with van der Waals surface area (Å²) in [6.45, 7) is 1.36. The first kappa shape index (κ1) is 14.6. The number of methoxy groups -OCH3 is 1. The number of amides is 2. The maximum absolute atomic E-state index is 13.3. The molecule has 0 aromatic heterocycles. The van der Waals surface area contributed by atoms with Crippen LogP contribution < -0.4 is 10.1 Å². The highest BCUT2D eigenvalue weighted by Crippen LogP contribution is 2.21. The number of aliphatic hydroxyl groups is 1. The molecule has 2 amide bonds. The number of nitrogens with zero attached hydrogens (tertiary/aromatic N) is 1. The van der Waals surface area contributed by atoms with Crippen LogP contribution in [0.5, 0.6) is 5.75 Å². The van der Waals surface area contributed by atoms with Gasteiger partial charge in [-0.1, -0.05) is 0 Å². The summed E-state index contributed by atoms with van der Waals surface area (Å²) in [6.07, 6.45) is 1.58. The van der Waals surface area contributed by atoms with E-state index < -0.39 is 5.82 Å². The largest absolute Gasteiger partial charge is 0.497 e. The van der Waals surface area contributed by atoms with E-state index in [1.165, 1.54) is 19.2 Å². The van der Waals surface area contributed by atoms with E-state index in [4.69, 9.17) is 9.84 Å². The lowest BCUT2D eigenvalue weighted by atomic mass is 9.98. The van der Waals surface area contributed by atoms with Crippen molar-refractivity contribution in [1.82, 2.24) is 4.90 Å². The number of hydrogen-bond acceptors (Lipinski definition) is 3. The summed E-state index contributed by atoms with van der Waals surface area (Å²) in [7, 11) is 1.44. The quantitative estimate of drug-likeness (QED) is 0.892. The molecule has 0 spiro atoms. The smallest absolute Gasteiger partial charge is 0.321 e. The van der Waals surface area contributed by atoms with Gasteiger partial charge in [0.1, 0.15) is 11.6 Å². The zero-order valence-electron chi connectivity index (χ0n) is 11.4. The molecule has 1 aliphatic rings. The Balaban J connectivity index is 1.96. The second kappa shape index (κ2) is 6.56. The van der Waals surface area contributed by atoms with E-state index >= 15 is 0 Å². The molecular formula is C14H19FN2O3. The number of halogens is 1. The molecule has 0 unspecified atom stereocenters. The number of piperidine rings is 1. The lowest BCUT2D eigenvalue weighted by Gasteiger charge is -2.31. The summed E-state index contributed by atoms with van der Waals surface area (Å²) in [5.41, 5.74) is 0.371. The van der Waals surface area contributed by atoms with Crippen LogP contribution in [-0.4, -0.2) is 42.8 Å². The first-order valence-corrected chi connectivity index (χ1v) is 6.63. The number of anilines is 1. The predicted molar refractivity (Wildman–Crippen MR) is 73.4 cm³/mol. The molecule has 1 aromatic carbocycles. The van der Waals surface area contributed by atoms with Gasteiger partial charge in [-0.25, -0.2) is 9.18 Å². The van der Waals surface area contributed by atoms with Crippen LogP contribution in [0.2, 0.25) is 0 Å². The van der Waals surface area contributed by atoms with Crippen LogP contribution in [0.25, 0.3) is 0 Å². The molecule has 6 heteroatoms. The Morgan fingerprint density at radius 1 is 1.45 bits per heavy atom. The van der Waals surface area contributed by atoms with Gasteiger partial charge in [0.05, 0.1) is 7.11 Å². The van der Waals surface area contributed by atoms with Gasteiger partial charge >= 0.3 is 6.03 Å². The average Bonchev–Trinajstić information content (AvgIpc) is 2.46. The molecule has 1 aliphatic heterocycles. The number of benzene rings is 1. The maximum Gasteiger partial charge on any atom is 0.321 e. The third kappa shape index (κ3) is 3.60. The van der Waals surface area contributed by atoms with Crippen molar-refractivity contribution in [2.24, 2.45) is 5.92 Å². The zero-order valence-corrected chi connectivity index (χ0v) is 11.4. The highest BCUT2D eigenvalue weighted by atomic mass is 19.1. The van der Waals surface area contributed by atoms with Crippen LogP contribution >= 0.6 is 0 Å². The number of nitrogens with one attached hydrogen (secondary N) is 1. The van der Waals surface area contributed by atoms with Crippen molar-refractivity contribution in [3.05, 3.63) is 24.0 Å². The third-order valence-corrected chi connectivity index (χ3v) is 3.52. The summed E-state index contributed by atoms with van der Waals surface area (Å²) >= 11 is 0. The molecule has 0 bridgehead atoms. The Kier molecular flexibility index (Phi) is 4.79. The van der Waals surface area contributed by atoms with Crippen LogP contribution in [0.4, 0.5) is 14.9 Å². The van der Waals surface area contributed by atoms with Crippen molar-refractivity contribution in [2.75, 3.05) is 32.1 Å². The van der Waals surface area contributed by atoms with E-state index in [0.29, 0.717) is 24.5 Å². The molecule has 5 nitrogen and oxygen atoms in total. The molecule has 1 heterocycles. The van der Waals surface area contributed by atoms with Crippen LogP contribution in [0.3, 0.4) is 0 Å². The Bertz CT molecular complexity index is 473. The number of hydrogen-bond donors (Lipinski definition) is 2. The Morgan fingerprint density at radius 3 is 2.75 bits per heavy atom. The second-order valence-electron chi connectivity index (χ2n) is 4.92. The SMILES string of the molecule is COc1cc(F)cc(NC(=O)N2CCC(CO)CC2)c1. The van der Waals surface area contributed by atoms with E-state index in [1.807, 2.05) is 0 Å². The van der Waals surface area contributed by atoms with Crippen molar-refractivity contribution < 1.29 is 19.0 Å². The number of ether oxygens (including phenoxy) is 1. The highest BCUT2D eigenvalue weighted by Gasteiger charge is 2.22. The van der Waals surface area contributed by atoms with Gasteiger partial charge in [-0.15, -0.1) is 0 Å². The lowest BCUT2D eigenvalue weighted by Crippen LogP contribution is -2.41. The molecule has 0 aliphatic carbocycles. The van der Waals surface area contributed by atoms with Gasteiger partial charge in [0, 0.05) is 37.5 Å². The lowest BCUT2D eigenvalue weighted by molar-refractivity contribution is 0.143. The average molecular weight is 282 g/mol. The number of likely N-dealkylation sites (tertiary alicyclic amines) is 1. The molecule has 2 N–H and O–H groups in total. The standard InChI is InChI=1S/C14H19FN2O3/c1-20-13-7-11(15)6-12(8-13)16-14(19)17-4-2-10(9-18)3-5-17/h6-8,10,18H,2-5,9H2,1H3,(H,16,19). The van der Waals surface area contributed by atoms with Crippen molar-refractivity contribution >= 4 is 11.7 Å². The molecule has 1 aromatic rings. The van der Waals surface area contributed by atoms with E-state index in [0.717, 1.165) is 12.8 Å². The summed E-state index contributed by atoms with van der Waals surface area (Å²) in [5.74, 6) is 0.172. The molecule has 110 valence electrons. The normalized spacial score (nSPS) is 16.1. The molecular weight excluding hydrogens is 263 g/mol. The van der Waals surface area contributed by atoms with Gasteiger partial charge in [-0.05, 0) is 24.8 Å². The van der Waals surface area contributed by atoms with Gasteiger partial charge in [-0.2, -0.15) is 0 Å². The third-order valence-electron chi connectivity index (χ3n) is 3.52. The second-order valence-corrected chi connectivity index (χ2v) is 4.92. The van der Waals surface area contributed by atoms with Crippen molar-refractivity contribution in [1.29, 1.82) is 0 Å². The van der Waals surface area contributed by atoms with Crippen LogP contribution in [0, 0.1) is 11.7 Å². The van der Waals surface area contributed by atoms with Gasteiger partial charge in [0.25, 0.3) is 0 Å². The molecule has 20 heavy (non-hydrogen) atoms. The molecule has 0 saturated carbocycles. The number of urea groups is 1. The Hall–Kier alpha value is -1.82. The van der Waals surface area contributed by atoms with E-state index in [2.05, 4.69) is 5.32 Å². The number of aliphatic hydroxyl groups excluding tert-OH is 1. The highest BCUT2D eigenvalue weighted by molar-refractivity contribution is 5.89. The fourth-order valence-electron chi connectivity index (χ4n) is 2.27. The fourth-order valence-corrected chi connectivity index (χ4v) is 2.27. The number of carbonyl (C=O) groups is 1. The molecule has 0 atom stereocenters. The summed E-state index contributed by atoms with van der Waals surface area (Å²) < 4.78 is 18.3. The minimum Gasteiger partial charge on any atom is -0.497 e. The maximum atomic E-state index is 13.3. The first-order chi connectivity index (χ1) is 9.62. The number of carbonyl (C=O) groups excluding carboxylic acids is 1. The Labute approximate surface area is 117 Å². The van der Waals surface area contributed by atoms with Crippen LogP contribution in [-0.2, 0) is 0 Å². The van der Waals surface area contributed by atoms with E-state index in [9.17, 15) is 9.18 Å². The minimum absolute atomic E-state index is 0.163. The van der Waals surface area contributed by atoms with E-state index in [-0.39, 0.29) is 18.6 Å². The van der Waals surface area contributed by atoms with Gasteiger partial charge in [0.15, 0.2) is 0 Å². The molecule has 1 fully saturated rings. The van der Waals surface area contributed by atoms with Crippen LogP contribution in [0.15, 0.2) is 18.2 Å². The van der Waals surface area contributed by atoms with Gasteiger partial charge < -0.3 is 20.1 Å². The molecule has 2 rings (SSSR count). The van der Waals surface area contributed by atoms with E-state index in [1.54, 1.807) is 11.0 Å². The molecule has 0 radical (unpaired) electrons. The first-order valence-electron chi connectivity index (χ1n) is 6.63. The zero-order chi connectivity index (χ0) is 14.5. The van der Waals surface area contributed by atoms with Crippen molar-refractivity contribution in [3.63, 3.8) is 0 Å². The summed E-state index contributed by atoms with van der Waals surface area (Å²) in [4.78, 5) is 13.7. The minimum atomic E-state index is -0.460. The monoisotopic (exact) mass is 282 g/mol. The van der Waals surface area contributed by atoms with Crippen LogP contribution in [0.1, 0.15) is 12.8 Å². The summed E-state index contributed by atoms with van der Waals surface area (Å²) in [6, 6.07) is 3.82.